The van der Waals surface area contributed by atoms with Gasteiger partial charge in [-0.15, -0.1) is 0 Å². The SMILES string of the molecule is NCCC(N)COC(=O)N[C@H]1CCc2c(C(=O)Nc3ccc(F)c(Cl)c3)ccc(F)c21. The molecule has 2 aromatic rings. The normalized spacial score (nSPS) is 15.8. The molecule has 2 aromatic carbocycles. The zero-order chi connectivity index (χ0) is 22.5. The first-order valence-corrected chi connectivity index (χ1v) is 10.1. The van der Waals surface area contributed by atoms with E-state index in [4.69, 9.17) is 27.8 Å². The van der Waals surface area contributed by atoms with E-state index in [1.54, 1.807) is 0 Å². The van der Waals surface area contributed by atoms with Gasteiger partial charge in [0.2, 0.25) is 0 Å². The Morgan fingerprint density at radius 2 is 1.97 bits per heavy atom. The van der Waals surface area contributed by atoms with Gasteiger partial charge in [0, 0.05) is 22.9 Å². The quantitative estimate of drug-likeness (QED) is 0.514. The van der Waals surface area contributed by atoms with E-state index < -0.39 is 29.7 Å². The van der Waals surface area contributed by atoms with Crippen LogP contribution in [-0.2, 0) is 11.2 Å². The molecular formula is C21H23ClF2N4O3. The van der Waals surface area contributed by atoms with Gasteiger partial charge in [0.25, 0.3) is 5.91 Å². The third-order valence-corrected chi connectivity index (χ3v) is 5.31. The maximum atomic E-state index is 14.6. The molecule has 0 aliphatic heterocycles. The fourth-order valence-corrected chi connectivity index (χ4v) is 3.69. The minimum Gasteiger partial charge on any atom is -0.448 e. The maximum Gasteiger partial charge on any atom is 0.407 e. The first-order chi connectivity index (χ1) is 14.8. The van der Waals surface area contributed by atoms with Crippen molar-refractivity contribution in [2.45, 2.75) is 31.3 Å². The Morgan fingerprint density at radius 1 is 1.23 bits per heavy atom. The molecule has 7 nitrogen and oxygen atoms in total. The Bertz CT molecular complexity index is 989. The number of rotatable bonds is 7. The minimum absolute atomic E-state index is 0.00618. The van der Waals surface area contributed by atoms with E-state index in [0.29, 0.717) is 37.1 Å². The molecule has 2 amide bonds. The van der Waals surface area contributed by atoms with Crippen LogP contribution in [0, 0.1) is 11.6 Å². The molecule has 0 aromatic heterocycles. The average molecular weight is 453 g/mol. The van der Waals surface area contributed by atoms with Gasteiger partial charge >= 0.3 is 6.09 Å². The highest BCUT2D eigenvalue weighted by molar-refractivity contribution is 6.31. The third-order valence-electron chi connectivity index (χ3n) is 5.02. The molecule has 31 heavy (non-hydrogen) atoms. The number of alkyl carbamates (subject to hydrolysis) is 1. The number of amides is 2. The molecule has 1 unspecified atom stereocenters. The summed E-state index contributed by atoms with van der Waals surface area (Å²) in [7, 11) is 0. The minimum atomic E-state index is -0.722. The largest absolute Gasteiger partial charge is 0.448 e. The van der Waals surface area contributed by atoms with Crippen LogP contribution in [0.2, 0.25) is 5.02 Å². The van der Waals surface area contributed by atoms with Gasteiger partial charge in [-0.25, -0.2) is 13.6 Å². The zero-order valence-corrected chi connectivity index (χ0v) is 17.3. The van der Waals surface area contributed by atoms with Crippen molar-refractivity contribution in [3.05, 3.63) is 63.7 Å². The smallest absolute Gasteiger partial charge is 0.407 e. The van der Waals surface area contributed by atoms with Crippen LogP contribution in [0.4, 0.5) is 19.3 Å². The van der Waals surface area contributed by atoms with Gasteiger partial charge in [0.05, 0.1) is 11.1 Å². The van der Waals surface area contributed by atoms with Crippen LogP contribution in [0.3, 0.4) is 0 Å². The fraction of sp³-hybridized carbons (Fsp3) is 0.333. The summed E-state index contributed by atoms with van der Waals surface area (Å²) in [5, 5.41) is 5.12. The topological polar surface area (TPSA) is 119 Å². The summed E-state index contributed by atoms with van der Waals surface area (Å²) in [5.74, 6) is -1.62. The average Bonchev–Trinajstić information content (AvgIpc) is 3.14. The number of nitrogens with two attached hydrogens (primary N) is 2. The van der Waals surface area contributed by atoms with Crippen molar-refractivity contribution in [1.29, 1.82) is 0 Å². The molecular weight excluding hydrogens is 430 g/mol. The highest BCUT2D eigenvalue weighted by Gasteiger charge is 2.31. The Hall–Kier alpha value is -2.75. The van der Waals surface area contributed by atoms with Crippen molar-refractivity contribution in [2.24, 2.45) is 11.5 Å². The van der Waals surface area contributed by atoms with E-state index in [0.717, 1.165) is 6.07 Å². The number of anilines is 1. The summed E-state index contributed by atoms with van der Waals surface area (Å²) < 4.78 is 33.0. The number of carbonyl (C=O) groups excluding carboxylic acids is 2. The van der Waals surface area contributed by atoms with Gasteiger partial charge < -0.3 is 26.8 Å². The second-order valence-corrected chi connectivity index (χ2v) is 7.65. The molecule has 0 saturated heterocycles. The number of hydrogen-bond acceptors (Lipinski definition) is 5. The van der Waals surface area contributed by atoms with Crippen molar-refractivity contribution in [2.75, 3.05) is 18.5 Å². The first kappa shape index (κ1) is 22.9. The molecule has 1 aliphatic rings. The second kappa shape index (κ2) is 10.0. The summed E-state index contributed by atoms with van der Waals surface area (Å²) >= 11 is 5.75. The molecule has 0 bridgehead atoms. The van der Waals surface area contributed by atoms with Gasteiger partial charge in [0.1, 0.15) is 18.2 Å². The summed E-state index contributed by atoms with van der Waals surface area (Å²) in [6, 6.07) is 5.33. The summed E-state index contributed by atoms with van der Waals surface area (Å²) in [5.41, 5.74) is 12.5. The Balaban J connectivity index is 1.72. The zero-order valence-electron chi connectivity index (χ0n) is 16.6. The maximum absolute atomic E-state index is 14.6. The van der Waals surface area contributed by atoms with E-state index in [1.165, 1.54) is 24.3 Å². The first-order valence-electron chi connectivity index (χ1n) is 9.76. The van der Waals surface area contributed by atoms with Crippen LogP contribution in [-0.4, -0.2) is 31.2 Å². The molecule has 0 radical (unpaired) electrons. The van der Waals surface area contributed by atoms with Crippen LogP contribution in [0.25, 0.3) is 0 Å². The number of hydrogen-bond donors (Lipinski definition) is 4. The molecule has 3 rings (SSSR count). The molecule has 0 heterocycles. The van der Waals surface area contributed by atoms with Crippen molar-refractivity contribution < 1.29 is 23.1 Å². The standard InChI is InChI=1S/C21H23ClF2N4O3/c22-15-9-12(1-4-16(15)23)27-20(29)14-2-5-17(24)19-13(14)3-6-18(19)28-21(30)31-10-11(26)7-8-25/h1-2,4-5,9,11,18H,3,6-8,10,25-26H2,(H,27,29)(H,28,30)/t11?,18-/m0/s1. The van der Waals surface area contributed by atoms with Gasteiger partial charge in [-0.2, -0.15) is 0 Å². The predicted molar refractivity (Wildman–Crippen MR) is 113 cm³/mol. The molecule has 1 aliphatic carbocycles. The number of benzene rings is 2. The molecule has 0 fully saturated rings. The Kier molecular flexibility index (Phi) is 7.42. The van der Waals surface area contributed by atoms with E-state index in [-0.39, 0.29) is 28.8 Å². The summed E-state index contributed by atoms with van der Waals surface area (Å²) in [6.45, 7) is 0.371. The highest BCUT2D eigenvalue weighted by Crippen LogP contribution is 2.36. The van der Waals surface area contributed by atoms with Crippen molar-refractivity contribution in [3.8, 4) is 0 Å². The number of halogens is 3. The molecule has 2 atom stereocenters. The molecule has 0 spiro atoms. The van der Waals surface area contributed by atoms with Crippen LogP contribution < -0.4 is 22.1 Å². The molecule has 10 heteroatoms. The summed E-state index contributed by atoms with van der Waals surface area (Å²) in [4.78, 5) is 24.8. The number of ether oxygens (including phenoxy) is 1. The second-order valence-electron chi connectivity index (χ2n) is 7.24. The predicted octanol–water partition coefficient (Wildman–Crippen LogP) is 3.26. The lowest BCUT2D eigenvalue weighted by atomic mass is 10.0. The van der Waals surface area contributed by atoms with E-state index >= 15 is 0 Å². The number of carbonyl (C=O) groups is 2. The third kappa shape index (κ3) is 5.49. The van der Waals surface area contributed by atoms with Crippen molar-refractivity contribution in [3.63, 3.8) is 0 Å². The Labute approximate surface area is 183 Å². The van der Waals surface area contributed by atoms with Crippen LogP contribution in [0.15, 0.2) is 30.3 Å². The van der Waals surface area contributed by atoms with Crippen LogP contribution in [0.1, 0.15) is 40.4 Å². The van der Waals surface area contributed by atoms with E-state index in [1.807, 2.05) is 0 Å². The molecule has 6 N–H and O–H groups in total. The van der Waals surface area contributed by atoms with Crippen molar-refractivity contribution in [1.82, 2.24) is 5.32 Å². The number of nitrogens with one attached hydrogen (secondary N) is 2. The lowest BCUT2D eigenvalue weighted by Gasteiger charge is -2.17. The van der Waals surface area contributed by atoms with Gasteiger partial charge in [0.15, 0.2) is 0 Å². The van der Waals surface area contributed by atoms with Crippen LogP contribution >= 0.6 is 11.6 Å². The lowest BCUT2D eigenvalue weighted by Crippen LogP contribution is -2.34. The fourth-order valence-electron chi connectivity index (χ4n) is 3.51. The van der Waals surface area contributed by atoms with E-state index in [2.05, 4.69) is 10.6 Å². The number of fused-ring (bicyclic) bond motifs is 1. The summed E-state index contributed by atoms with van der Waals surface area (Å²) in [6.07, 6.45) is 0.576. The molecule has 0 saturated carbocycles. The molecule has 166 valence electrons. The van der Waals surface area contributed by atoms with Gasteiger partial charge in [-0.1, -0.05) is 11.6 Å². The lowest BCUT2D eigenvalue weighted by molar-refractivity contribution is 0.102. The van der Waals surface area contributed by atoms with Gasteiger partial charge in [-0.3, -0.25) is 4.79 Å². The van der Waals surface area contributed by atoms with E-state index in [9.17, 15) is 18.4 Å². The highest BCUT2D eigenvalue weighted by atomic mass is 35.5. The van der Waals surface area contributed by atoms with Crippen LogP contribution in [0.5, 0.6) is 0 Å². The Morgan fingerprint density at radius 3 is 2.68 bits per heavy atom. The van der Waals surface area contributed by atoms with Gasteiger partial charge in [-0.05, 0) is 61.7 Å². The van der Waals surface area contributed by atoms with Crippen molar-refractivity contribution >= 4 is 29.3 Å². The monoisotopic (exact) mass is 452 g/mol.